The standard InChI is InChI=1S/C24H20N4O3S2/c1-31-18-8-4-9-19-21(18)27-24(33-19)28-22(29)17(26-23(30)20-10-5-11-32-20)12-14-13-25-16-7-3-2-6-15(14)16/h2-11,13,17,25H,12H2,1H3,(H,26,30)(H,27,28,29)/t17-/m0/s1. The average molecular weight is 477 g/mol. The molecule has 0 saturated heterocycles. The average Bonchev–Trinajstić information content (AvgIpc) is 3.58. The molecule has 7 nitrogen and oxygen atoms in total. The van der Waals surface area contributed by atoms with Crippen molar-refractivity contribution in [1.29, 1.82) is 0 Å². The Kier molecular flexibility index (Phi) is 5.80. The topological polar surface area (TPSA) is 96.1 Å². The Bertz CT molecular complexity index is 1440. The van der Waals surface area contributed by atoms with E-state index in [1.807, 2.05) is 60.1 Å². The molecular formula is C24H20N4O3S2. The van der Waals surface area contributed by atoms with Gasteiger partial charge in [0.2, 0.25) is 5.91 Å². The molecule has 0 unspecified atom stereocenters. The number of hydrogen-bond donors (Lipinski definition) is 3. The zero-order chi connectivity index (χ0) is 22.8. The maximum absolute atomic E-state index is 13.3. The van der Waals surface area contributed by atoms with Gasteiger partial charge in [0.25, 0.3) is 5.91 Å². The number of para-hydroxylation sites is 2. The van der Waals surface area contributed by atoms with E-state index in [0.717, 1.165) is 21.2 Å². The number of H-pyrrole nitrogens is 1. The lowest BCUT2D eigenvalue weighted by Crippen LogP contribution is -2.45. The lowest BCUT2D eigenvalue weighted by atomic mass is 10.0. The number of aromatic amines is 1. The van der Waals surface area contributed by atoms with Crippen LogP contribution in [0.15, 0.2) is 66.2 Å². The highest BCUT2D eigenvalue weighted by Crippen LogP contribution is 2.32. The zero-order valence-electron chi connectivity index (χ0n) is 17.6. The molecule has 0 radical (unpaired) electrons. The molecule has 0 spiro atoms. The van der Waals surface area contributed by atoms with Gasteiger partial charge in [-0.25, -0.2) is 4.98 Å². The highest BCUT2D eigenvalue weighted by Gasteiger charge is 2.25. The van der Waals surface area contributed by atoms with E-state index >= 15 is 0 Å². The number of benzene rings is 2. The minimum Gasteiger partial charge on any atom is -0.494 e. The molecule has 33 heavy (non-hydrogen) atoms. The smallest absolute Gasteiger partial charge is 0.262 e. The Morgan fingerprint density at radius 2 is 2.00 bits per heavy atom. The van der Waals surface area contributed by atoms with Crippen molar-refractivity contribution in [2.75, 3.05) is 12.4 Å². The van der Waals surface area contributed by atoms with Crippen molar-refractivity contribution in [3.05, 3.63) is 76.6 Å². The van der Waals surface area contributed by atoms with Crippen LogP contribution in [0.1, 0.15) is 15.2 Å². The van der Waals surface area contributed by atoms with Gasteiger partial charge in [-0.2, -0.15) is 0 Å². The molecule has 2 amide bonds. The monoisotopic (exact) mass is 476 g/mol. The lowest BCUT2D eigenvalue weighted by Gasteiger charge is -2.17. The number of aromatic nitrogens is 2. The number of nitrogens with one attached hydrogen (secondary N) is 3. The molecule has 9 heteroatoms. The summed E-state index contributed by atoms with van der Waals surface area (Å²) in [6.45, 7) is 0. The predicted molar refractivity (Wildman–Crippen MR) is 132 cm³/mol. The molecule has 166 valence electrons. The van der Waals surface area contributed by atoms with E-state index in [9.17, 15) is 9.59 Å². The Labute approximate surface area is 197 Å². The number of carbonyl (C=O) groups excluding carboxylic acids is 2. The number of methoxy groups -OCH3 is 1. The first-order valence-electron chi connectivity index (χ1n) is 10.3. The van der Waals surface area contributed by atoms with E-state index in [4.69, 9.17) is 4.74 Å². The summed E-state index contributed by atoms with van der Waals surface area (Å²) in [5, 5.41) is 9.08. The van der Waals surface area contributed by atoms with Crippen LogP contribution in [0, 0.1) is 0 Å². The van der Waals surface area contributed by atoms with Crippen LogP contribution >= 0.6 is 22.7 Å². The van der Waals surface area contributed by atoms with Gasteiger partial charge in [-0.1, -0.05) is 41.7 Å². The van der Waals surface area contributed by atoms with Crippen LogP contribution in [0.2, 0.25) is 0 Å². The molecule has 0 fully saturated rings. The molecule has 5 aromatic rings. The van der Waals surface area contributed by atoms with Gasteiger partial charge in [0.1, 0.15) is 17.3 Å². The van der Waals surface area contributed by atoms with Gasteiger partial charge in [-0.15, -0.1) is 11.3 Å². The number of anilines is 1. The van der Waals surface area contributed by atoms with Crippen molar-refractivity contribution in [3.63, 3.8) is 0 Å². The largest absolute Gasteiger partial charge is 0.494 e. The molecule has 0 saturated carbocycles. The second-order valence-corrected chi connectivity index (χ2v) is 9.36. The van der Waals surface area contributed by atoms with Crippen molar-refractivity contribution in [2.45, 2.75) is 12.5 Å². The molecular weight excluding hydrogens is 456 g/mol. The fraction of sp³-hybridized carbons (Fsp3) is 0.125. The number of rotatable bonds is 7. The van der Waals surface area contributed by atoms with E-state index in [2.05, 4.69) is 20.6 Å². The summed E-state index contributed by atoms with van der Waals surface area (Å²) in [4.78, 5) is 34.4. The number of thiazole rings is 1. The fourth-order valence-electron chi connectivity index (χ4n) is 3.70. The van der Waals surface area contributed by atoms with E-state index < -0.39 is 6.04 Å². The molecule has 3 N–H and O–H groups in total. The first-order valence-corrected chi connectivity index (χ1v) is 12.0. The SMILES string of the molecule is COc1cccc2sc(NC(=O)[C@H](Cc3c[nH]c4ccccc34)NC(=O)c3cccs3)nc12. The summed E-state index contributed by atoms with van der Waals surface area (Å²) in [6, 6.07) is 16.3. The Hall–Kier alpha value is -3.69. The first-order chi connectivity index (χ1) is 16.1. The van der Waals surface area contributed by atoms with Crippen LogP contribution in [0.25, 0.3) is 21.1 Å². The van der Waals surface area contributed by atoms with Crippen LogP contribution in [0.4, 0.5) is 5.13 Å². The Morgan fingerprint density at radius 1 is 1.12 bits per heavy atom. The Balaban J connectivity index is 1.42. The summed E-state index contributed by atoms with van der Waals surface area (Å²) in [5.74, 6) is 0.0322. The third-order valence-electron chi connectivity index (χ3n) is 5.30. The van der Waals surface area contributed by atoms with Gasteiger partial charge in [0, 0.05) is 23.5 Å². The quantitative estimate of drug-likeness (QED) is 0.314. The van der Waals surface area contributed by atoms with Crippen LogP contribution in [0.5, 0.6) is 5.75 Å². The molecule has 1 atom stereocenters. The highest BCUT2D eigenvalue weighted by molar-refractivity contribution is 7.22. The van der Waals surface area contributed by atoms with Gasteiger partial charge in [0.05, 0.1) is 16.7 Å². The van der Waals surface area contributed by atoms with E-state index in [1.165, 1.54) is 22.7 Å². The van der Waals surface area contributed by atoms with Crippen molar-refractivity contribution < 1.29 is 14.3 Å². The molecule has 2 aromatic carbocycles. The van der Waals surface area contributed by atoms with Gasteiger partial charge in [-0.3, -0.25) is 9.59 Å². The number of carbonyl (C=O) groups is 2. The maximum Gasteiger partial charge on any atom is 0.262 e. The third-order valence-corrected chi connectivity index (χ3v) is 7.10. The normalized spacial score (nSPS) is 12.0. The number of hydrogen-bond acceptors (Lipinski definition) is 6. The van der Waals surface area contributed by atoms with Crippen LogP contribution in [0.3, 0.4) is 0 Å². The molecule has 5 rings (SSSR count). The number of fused-ring (bicyclic) bond motifs is 2. The number of amides is 2. The summed E-state index contributed by atoms with van der Waals surface area (Å²) < 4.78 is 6.27. The van der Waals surface area contributed by atoms with E-state index in [1.54, 1.807) is 13.2 Å². The predicted octanol–water partition coefficient (Wildman–Crippen LogP) is 4.83. The zero-order valence-corrected chi connectivity index (χ0v) is 19.3. The molecule has 3 heterocycles. The van der Waals surface area contributed by atoms with E-state index in [0.29, 0.717) is 27.7 Å². The first kappa shape index (κ1) is 21.2. The number of ether oxygens (including phenoxy) is 1. The second-order valence-electron chi connectivity index (χ2n) is 7.38. The fourth-order valence-corrected chi connectivity index (χ4v) is 5.21. The van der Waals surface area contributed by atoms with E-state index in [-0.39, 0.29) is 11.8 Å². The van der Waals surface area contributed by atoms with Gasteiger partial charge >= 0.3 is 0 Å². The number of thiophene rings is 1. The number of nitrogens with zero attached hydrogens (tertiary/aromatic N) is 1. The third kappa shape index (κ3) is 4.33. The minimum atomic E-state index is -0.785. The minimum absolute atomic E-state index is 0.282. The molecule has 0 bridgehead atoms. The van der Waals surface area contributed by atoms with Crippen molar-refractivity contribution in [1.82, 2.24) is 15.3 Å². The summed E-state index contributed by atoms with van der Waals surface area (Å²) in [5.41, 5.74) is 2.62. The summed E-state index contributed by atoms with van der Waals surface area (Å²) >= 11 is 2.69. The summed E-state index contributed by atoms with van der Waals surface area (Å²) in [6.07, 6.45) is 2.21. The maximum atomic E-state index is 13.3. The van der Waals surface area contributed by atoms with Gasteiger partial charge < -0.3 is 20.4 Å². The van der Waals surface area contributed by atoms with Gasteiger partial charge in [0.15, 0.2) is 5.13 Å². The van der Waals surface area contributed by atoms with Crippen LogP contribution in [-0.2, 0) is 11.2 Å². The molecule has 0 aliphatic rings. The molecule has 0 aliphatic carbocycles. The highest BCUT2D eigenvalue weighted by atomic mass is 32.1. The van der Waals surface area contributed by atoms with Crippen molar-refractivity contribution in [3.8, 4) is 5.75 Å². The molecule has 0 aliphatic heterocycles. The van der Waals surface area contributed by atoms with Gasteiger partial charge in [-0.05, 0) is 35.2 Å². The molecule has 3 aromatic heterocycles. The Morgan fingerprint density at radius 3 is 2.82 bits per heavy atom. The van der Waals surface area contributed by atoms with Crippen molar-refractivity contribution >= 4 is 60.7 Å². The van der Waals surface area contributed by atoms with Crippen molar-refractivity contribution in [2.24, 2.45) is 0 Å². The van der Waals surface area contributed by atoms with Crippen LogP contribution in [-0.4, -0.2) is 34.9 Å². The van der Waals surface area contributed by atoms with Crippen LogP contribution < -0.4 is 15.4 Å². The lowest BCUT2D eigenvalue weighted by molar-refractivity contribution is -0.118. The second kappa shape index (κ2) is 9.05. The summed E-state index contributed by atoms with van der Waals surface area (Å²) in [7, 11) is 1.59.